The minimum atomic E-state index is -0.914. The van der Waals surface area contributed by atoms with Gasteiger partial charge in [-0.1, -0.05) is 0 Å². The van der Waals surface area contributed by atoms with Gasteiger partial charge in [0.25, 0.3) is 0 Å². The quantitative estimate of drug-likeness (QED) is 0.497. The molecule has 0 radical (unpaired) electrons. The lowest BCUT2D eigenvalue weighted by Crippen LogP contribution is -2.47. The molecule has 1 aliphatic rings. The van der Waals surface area contributed by atoms with Crippen molar-refractivity contribution >= 4 is 5.97 Å². The molecule has 12 heavy (non-hydrogen) atoms. The number of aliphatic hydroxyl groups is 1. The summed E-state index contributed by atoms with van der Waals surface area (Å²) in [7, 11) is 0. The molecule has 5 heteroatoms. The van der Waals surface area contributed by atoms with Gasteiger partial charge in [-0.15, -0.1) is 0 Å². The molecule has 5 nitrogen and oxygen atoms in total. The number of carboxylic acids is 1. The summed E-state index contributed by atoms with van der Waals surface area (Å²) in [6.07, 6.45) is -0.780. The van der Waals surface area contributed by atoms with Gasteiger partial charge in [0.15, 0.2) is 0 Å². The Morgan fingerprint density at radius 2 is 2.33 bits per heavy atom. The van der Waals surface area contributed by atoms with Crippen LogP contribution in [0.25, 0.3) is 0 Å². The van der Waals surface area contributed by atoms with Crippen LogP contribution in [-0.2, 0) is 9.53 Å². The van der Waals surface area contributed by atoms with E-state index >= 15 is 0 Å². The Hall–Kier alpha value is -0.650. The van der Waals surface area contributed by atoms with Crippen molar-refractivity contribution in [2.45, 2.75) is 31.1 Å². The van der Waals surface area contributed by atoms with Gasteiger partial charge in [-0.25, -0.2) is 0 Å². The highest BCUT2D eigenvalue weighted by Crippen LogP contribution is 2.15. The smallest absolute Gasteiger partial charge is 0.305 e. The Balaban J connectivity index is 2.35. The summed E-state index contributed by atoms with van der Waals surface area (Å²) in [5.41, 5.74) is 5.45. The van der Waals surface area contributed by atoms with E-state index in [0.29, 0.717) is 6.42 Å². The first kappa shape index (κ1) is 9.44. The number of carbonyl (C=O) groups is 1. The zero-order valence-corrected chi connectivity index (χ0v) is 6.64. The summed E-state index contributed by atoms with van der Waals surface area (Å²) < 4.78 is 5.11. The average Bonchev–Trinajstić information content (AvgIpc) is 1.96. The second-order valence-corrected chi connectivity index (χ2v) is 3.02. The van der Waals surface area contributed by atoms with E-state index in [1.165, 1.54) is 0 Å². The van der Waals surface area contributed by atoms with Crippen molar-refractivity contribution in [1.82, 2.24) is 0 Å². The number of rotatable bonds is 2. The van der Waals surface area contributed by atoms with Gasteiger partial charge in [-0.3, -0.25) is 4.79 Å². The molecule has 0 saturated carbocycles. The lowest BCUT2D eigenvalue weighted by molar-refractivity contribution is -0.143. The Morgan fingerprint density at radius 1 is 1.67 bits per heavy atom. The normalized spacial score (nSPS) is 36.3. The Labute approximate surface area is 70.1 Å². The minimum Gasteiger partial charge on any atom is -0.481 e. The first-order valence-electron chi connectivity index (χ1n) is 3.86. The standard InChI is InChI=1S/C7H13NO4/c8-5-3-12-4(1-6(5)9)2-7(10)11/h4-6,9H,1-3,8H2,(H,10,11)/t4-,5+,6-/m0/s1. The van der Waals surface area contributed by atoms with Gasteiger partial charge >= 0.3 is 5.97 Å². The van der Waals surface area contributed by atoms with E-state index in [2.05, 4.69) is 0 Å². The molecule has 0 spiro atoms. The van der Waals surface area contributed by atoms with Crippen LogP contribution in [0, 0.1) is 0 Å². The minimum absolute atomic E-state index is 0.0657. The van der Waals surface area contributed by atoms with Crippen LogP contribution in [0.2, 0.25) is 0 Å². The van der Waals surface area contributed by atoms with Gasteiger partial charge in [0.05, 0.1) is 31.3 Å². The predicted octanol–water partition coefficient (Wildman–Crippen LogP) is -1.06. The van der Waals surface area contributed by atoms with Gasteiger partial charge in [0, 0.05) is 6.42 Å². The molecule has 4 N–H and O–H groups in total. The molecule has 0 aromatic carbocycles. The number of hydrogen-bond acceptors (Lipinski definition) is 4. The summed E-state index contributed by atoms with van der Waals surface area (Å²) in [5.74, 6) is -0.914. The Bertz CT molecular complexity index is 173. The highest BCUT2D eigenvalue weighted by molar-refractivity contribution is 5.67. The maximum Gasteiger partial charge on any atom is 0.305 e. The van der Waals surface area contributed by atoms with Gasteiger partial charge in [0.2, 0.25) is 0 Å². The lowest BCUT2D eigenvalue weighted by Gasteiger charge is -2.30. The molecule has 0 aromatic heterocycles. The second-order valence-electron chi connectivity index (χ2n) is 3.02. The number of aliphatic hydroxyl groups excluding tert-OH is 1. The molecule has 1 fully saturated rings. The van der Waals surface area contributed by atoms with Crippen molar-refractivity contribution in [2.75, 3.05) is 6.61 Å². The van der Waals surface area contributed by atoms with Crippen LogP contribution in [0.4, 0.5) is 0 Å². The van der Waals surface area contributed by atoms with E-state index in [9.17, 15) is 9.90 Å². The molecule has 0 amide bonds. The number of nitrogens with two attached hydrogens (primary N) is 1. The van der Waals surface area contributed by atoms with Gasteiger partial charge in [0.1, 0.15) is 0 Å². The van der Waals surface area contributed by atoms with E-state index in [1.807, 2.05) is 0 Å². The number of carboxylic acid groups (broad SMARTS) is 1. The van der Waals surface area contributed by atoms with Crippen molar-refractivity contribution in [1.29, 1.82) is 0 Å². The van der Waals surface area contributed by atoms with Crippen LogP contribution in [0.1, 0.15) is 12.8 Å². The summed E-state index contributed by atoms with van der Waals surface area (Å²) >= 11 is 0. The summed E-state index contributed by atoms with van der Waals surface area (Å²) in [4.78, 5) is 10.3. The Kier molecular flexibility index (Phi) is 3.02. The lowest BCUT2D eigenvalue weighted by atomic mass is 10.0. The fourth-order valence-electron chi connectivity index (χ4n) is 1.21. The van der Waals surface area contributed by atoms with Crippen LogP contribution in [0.5, 0.6) is 0 Å². The van der Waals surface area contributed by atoms with Crippen LogP contribution >= 0.6 is 0 Å². The number of aliphatic carboxylic acids is 1. The summed E-state index contributed by atoms with van der Waals surface area (Å²) in [5, 5.41) is 17.7. The van der Waals surface area contributed by atoms with Gasteiger partial charge < -0.3 is 20.7 Å². The van der Waals surface area contributed by atoms with Crippen molar-refractivity contribution in [3.8, 4) is 0 Å². The predicted molar refractivity (Wildman–Crippen MR) is 40.6 cm³/mol. The Morgan fingerprint density at radius 3 is 2.83 bits per heavy atom. The van der Waals surface area contributed by atoms with Crippen molar-refractivity contribution in [2.24, 2.45) is 5.73 Å². The second kappa shape index (κ2) is 3.84. The fourth-order valence-corrected chi connectivity index (χ4v) is 1.21. The largest absolute Gasteiger partial charge is 0.481 e. The number of ether oxygens (including phenoxy) is 1. The summed E-state index contributed by atoms with van der Waals surface area (Å²) in [6.45, 7) is 0.235. The van der Waals surface area contributed by atoms with E-state index in [0.717, 1.165) is 0 Å². The highest BCUT2D eigenvalue weighted by Gasteiger charge is 2.28. The molecule has 3 atom stereocenters. The van der Waals surface area contributed by atoms with Gasteiger partial charge in [-0.05, 0) is 0 Å². The molecule has 0 unspecified atom stereocenters. The van der Waals surface area contributed by atoms with E-state index in [1.54, 1.807) is 0 Å². The molecule has 0 aromatic rings. The average molecular weight is 175 g/mol. The topological polar surface area (TPSA) is 92.8 Å². The third-order valence-electron chi connectivity index (χ3n) is 1.93. The van der Waals surface area contributed by atoms with Crippen molar-refractivity contribution in [3.63, 3.8) is 0 Å². The molecular formula is C7H13NO4. The van der Waals surface area contributed by atoms with Crippen LogP contribution in [0.15, 0.2) is 0 Å². The van der Waals surface area contributed by atoms with Crippen molar-refractivity contribution < 1.29 is 19.7 Å². The molecule has 1 aliphatic heterocycles. The van der Waals surface area contributed by atoms with E-state index in [4.69, 9.17) is 15.6 Å². The molecule has 0 bridgehead atoms. The monoisotopic (exact) mass is 175 g/mol. The summed E-state index contributed by atoms with van der Waals surface area (Å²) in [6, 6.07) is -0.380. The maximum absolute atomic E-state index is 10.3. The van der Waals surface area contributed by atoms with Gasteiger partial charge in [-0.2, -0.15) is 0 Å². The molecule has 70 valence electrons. The third kappa shape index (κ3) is 2.44. The van der Waals surface area contributed by atoms with E-state index < -0.39 is 18.2 Å². The molecule has 1 saturated heterocycles. The van der Waals surface area contributed by atoms with Crippen LogP contribution in [0.3, 0.4) is 0 Å². The van der Waals surface area contributed by atoms with Crippen molar-refractivity contribution in [3.05, 3.63) is 0 Å². The maximum atomic E-state index is 10.3. The fraction of sp³-hybridized carbons (Fsp3) is 0.857. The molecular weight excluding hydrogens is 162 g/mol. The van der Waals surface area contributed by atoms with Crippen LogP contribution in [-0.4, -0.2) is 41.0 Å². The third-order valence-corrected chi connectivity index (χ3v) is 1.93. The zero-order chi connectivity index (χ0) is 9.14. The SMILES string of the molecule is N[C@@H]1CO[C@H](CC(=O)O)C[C@@H]1O. The highest BCUT2D eigenvalue weighted by atomic mass is 16.5. The zero-order valence-electron chi connectivity index (χ0n) is 6.64. The van der Waals surface area contributed by atoms with E-state index in [-0.39, 0.29) is 19.1 Å². The number of hydrogen-bond donors (Lipinski definition) is 3. The first-order valence-corrected chi connectivity index (χ1v) is 3.86. The van der Waals surface area contributed by atoms with Crippen LogP contribution < -0.4 is 5.73 Å². The molecule has 1 rings (SSSR count). The molecule has 0 aliphatic carbocycles. The first-order chi connectivity index (χ1) is 5.59. The molecule has 1 heterocycles.